The van der Waals surface area contributed by atoms with Crippen LogP contribution in [0.5, 0.6) is 0 Å². The van der Waals surface area contributed by atoms with Gasteiger partial charge in [-0.1, -0.05) is 0 Å². The molecule has 0 radical (unpaired) electrons. The van der Waals surface area contributed by atoms with Gasteiger partial charge >= 0.3 is 6.09 Å². The fourth-order valence-electron chi connectivity index (χ4n) is 2.29. The molecule has 2 rings (SSSR count). The molecular formula is C13H21N5O3. The van der Waals surface area contributed by atoms with Gasteiger partial charge in [-0.05, 0) is 19.8 Å². The summed E-state index contributed by atoms with van der Waals surface area (Å²) in [5, 5.41) is 6.94. The number of hydrogen-bond acceptors (Lipinski definition) is 5. The van der Waals surface area contributed by atoms with E-state index in [1.54, 1.807) is 22.8 Å². The number of nitrogens with zero attached hydrogens (tertiary/aromatic N) is 4. The van der Waals surface area contributed by atoms with Crippen LogP contribution in [0.25, 0.3) is 0 Å². The summed E-state index contributed by atoms with van der Waals surface area (Å²) in [6.07, 6.45) is 4.66. The van der Waals surface area contributed by atoms with Gasteiger partial charge in [-0.15, -0.1) is 0 Å². The third-order valence-electron chi connectivity index (χ3n) is 3.42. The van der Waals surface area contributed by atoms with Crippen LogP contribution in [0.1, 0.15) is 26.2 Å². The molecule has 1 saturated heterocycles. The first-order valence-corrected chi connectivity index (χ1v) is 7.22. The number of carbonyl (C=O) groups excluding carboxylic acids is 2. The summed E-state index contributed by atoms with van der Waals surface area (Å²) >= 11 is 0. The van der Waals surface area contributed by atoms with E-state index < -0.39 is 0 Å². The lowest BCUT2D eigenvalue weighted by molar-refractivity contribution is -0.122. The van der Waals surface area contributed by atoms with E-state index in [4.69, 9.17) is 4.74 Å². The molecule has 1 aliphatic rings. The Bertz CT molecular complexity index is 454. The normalized spacial score (nSPS) is 15.8. The Labute approximate surface area is 123 Å². The minimum atomic E-state index is -0.270. The van der Waals surface area contributed by atoms with Gasteiger partial charge in [-0.25, -0.2) is 9.78 Å². The molecular weight excluding hydrogens is 274 g/mol. The molecule has 8 heteroatoms. The second-order valence-corrected chi connectivity index (χ2v) is 4.94. The van der Waals surface area contributed by atoms with Gasteiger partial charge in [-0.3, -0.25) is 9.48 Å². The Balaban J connectivity index is 1.66. The van der Waals surface area contributed by atoms with Crippen molar-refractivity contribution in [3.63, 3.8) is 0 Å². The number of likely N-dealkylation sites (tertiary alicyclic amines) is 1. The molecule has 0 saturated carbocycles. The van der Waals surface area contributed by atoms with E-state index in [2.05, 4.69) is 15.4 Å². The molecule has 1 aliphatic heterocycles. The largest absolute Gasteiger partial charge is 0.450 e. The quantitative estimate of drug-likeness (QED) is 0.849. The third kappa shape index (κ3) is 4.73. The van der Waals surface area contributed by atoms with Crippen molar-refractivity contribution in [2.45, 2.75) is 38.8 Å². The van der Waals surface area contributed by atoms with Crippen molar-refractivity contribution in [2.75, 3.05) is 19.7 Å². The topological polar surface area (TPSA) is 89.4 Å². The maximum atomic E-state index is 11.8. The zero-order chi connectivity index (χ0) is 15.1. The summed E-state index contributed by atoms with van der Waals surface area (Å²) in [6, 6.07) is 0.124. The number of aryl methyl sites for hydroxylation is 1. The summed E-state index contributed by atoms with van der Waals surface area (Å²) in [5.41, 5.74) is 0. The van der Waals surface area contributed by atoms with E-state index in [1.807, 2.05) is 0 Å². The van der Waals surface area contributed by atoms with Gasteiger partial charge in [0.25, 0.3) is 0 Å². The van der Waals surface area contributed by atoms with Crippen molar-refractivity contribution >= 4 is 12.0 Å². The van der Waals surface area contributed by atoms with Crippen LogP contribution in [0.15, 0.2) is 12.7 Å². The average molecular weight is 295 g/mol. The minimum Gasteiger partial charge on any atom is -0.450 e. The fourth-order valence-corrected chi connectivity index (χ4v) is 2.29. The van der Waals surface area contributed by atoms with Gasteiger partial charge in [-0.2, -0.15) is 5.10 Å². The molecule has 1 N–H and O–H groups in total. The standard InChI is InChI=1S/C13H21N5O3/c1-2-21-13(20)17-6-3-11(4-7-17)16-12(19)5-8-18-10-14-9-15-18/h9-11H,2-8H2,1H3,(H,16,19). The number of nitrogens with one attached hydrogen (secondary N) is 1. The number of hydrogen-bond donors (Lipinski definition) is 1. The third-order valence-corrected chi connectivity index (χ3v) is 3.42. The van der Waals surface area contributed by atoms with E-state index in [-0.39, 0.29) is 18.0 Å². The molecule has 8 nitrogen and oxygen atoms in total. The Hall–Kier alpha value is -2.12. The molecule has 21 heavy (non-hydrogen) atoms. The zero-order valence-corrected chi connectivity index (χ0v) is 12.2. The SMILES string of the molecule is CCOC(=O)N1CCC(NC(=O)CCn2cncn2)CC1. The number of rotatable bonds is 5. The lowest BCUT2D eigenvalue weighted by Gasteiger charge is -2.31. The van der Waals surface area contributed by atoms with Crippen LogP contribution in [0.2, 0.25) is 0 Å². The maximum Gasteiger partial charge on any atom is 0.409 e. The van der Waals surface area contributed by atoms with E-state index in [0.717, 1.165) is 12.8 Å². The monoisotopic (exact) mass is 295 g/mol. The molecule has 0 aromatic carbocycles. The average Bonchev–Trinajstić information content (AvgIpc) is 2.99. The summed E-state index contributed by atoms with van der Waals surface area (Å²) in [4.78, 5) is 28.9. The van der Waals surface area contributed by atoms with E-state index >= 15 is 0 Å². The van der Waals surface area contributed by atoms with Crippen molar-refractivity contribution in [1.29, 1.82) is 0 Å². The summed E-state index contributed by atoms with van der Waals surface area (Å²) in [5.74, 6) is 0.0000784. The van der Waals surface area contributed by atoms with Crippen LogP contribution < -0.4 is 5.32 Å². The number of amides is 2. The van der Waals surface area contributed by atoms with Gasteiger partial charge in [0, 0.05) is 25.6 Å². The molecule has 1 aromatic heterocycles. The number of ether oxygens (including phenoxy) is 1. The molecule has 1 fully saturated rings. The predicted molar refractivity (Wildman–Crippen MR) is 74.4 cm³/mol. The molecule has 0 bridgehead atoms. The van der Waals surface area contributed by atoms with Crippen LogP contribution in [-0.2, 0) is 16.1 Å². The number of piperidine rings is 1. The van der Waals surface area contributed by atoms with Crippen LogP contribution in [0.3, 0.4) is 0 Å². The van der Waals surface area contributed by atoms with Crippen LogP contribution in [0, 0.1) is 0 Å². The van der Waals surface area contributed by atoms with Crippen LogP contribution in [-0.4, -0.2) is 57.4 Å². The first-order valence-electron chi connectivity index (χ1n) is 7.22. The first kappa shape index (κ1) is 15.3. The molecule has 0 spiro atoms. The second-order valence-electron chi connectivity index (χ2n) is 4.94. The lowest BCUT2D eigenvalue weighted by Crippen LogP contribution is -2.46. The zero-order valence-electron chi connectivity index (χ0n) is 12.2. The van der Waals surface area contributed by atoms with E-state index in [0.29, 0.717) is 32.7 Å². The predicted octanol–water partition coefficient (Wildman–Crippen LogP) is 0.405. The van der Waals surface area contributed by atoms with Crippen molar-refractivity contribution in [1.82, 2.24) is 25.0 Å². The highest BCUT2D eigenvalue weighted by atomic mass is 16.6. The Morgan fingerprint density at radius 2 is 2.14 bits per heavy atom. The molecule has 1 aromatic rings. The highest BCUT2D eigenvalue weighted by molar-refractivity contribution is 5.76. The molecule has 2 heterocycles. The summed E-state index contributed by atoms with van der Waals surface area (Å²) < 4.78 is 6.59. The Morgan fingerprint density at radius 1 is 1.38 bits per heavy atom. The van der Waals surface area contributed by atoms with Crippen molar-refractivity contribution < 1.29 is 14.3 Å². The van der Waals surface area contributed by atoms with Gasteiger partial charge in [0.2, 0.25) is 5.91 Å². The van der Waals surface area contributed by atoms with Gasteiger partial charge in [0.05, 0.1) is 13.2 Å². The fraction of sp³-hybridized carbons (Fsp3) is 0.692. The van der Waals surface area contributed by atoms with Gasteiger partial charge in [0.1, 0.15) is 12.7 Å². The van der Waals surface area contributed by atoms with Crippen LogP contribution >= 0.6 is 0 Å². The minimum absolute atomic E-state index is 0.0000784. The summed E-state index contributed by atoms with van der Waals surface area (Å²) in [6.45, 7) is 3.94. The van der Waals surface area contributed by atoms with Crippen molar-refractivity contribution in [3.05, 3.63) is 12.7 Å². The Morgan fingerprint density at radius 3 is 2.76 bits per heavy atom. The highest BCUT2D eigenvalue weighted by Crippen LogP contribution is 2.11. The number of aromatic nitrogens is 3. The maximum absolute atomic E-state index is 11.8. The molecule has 0 atom stereocenters. The molecule has 0 unspecified atom stereocenters. The first-order chi connectivity index (χ1) is 10.2. The molecule has 0 aliphatic carbocycles. The van der Waals surface area contributed by atoms with Gasteiger partial charge < -0.3 is 15.0 Å². The van der Waals surface area contributed by atoms with Crippen molar-refractivity contribution in [2.24, 2.45) is 0 Å². The Kier molecular flexibility index (Phi) is 5.53. The molecule has 2 amide bonds. The van der Waals surface area contributed by atoms with E-state index in [1.165, 1.54) is 6.33 Å². The molecule has 116 valence electrons. The van der Waals surface area contributed by atoms with Gasteiger partial charge in [0.15, 0.2) is 0 Å². The van der Waals surface area contributed by atoms with E-state index in [9.17, 15) is 9.59 Å². The number of carbonyl (C=O) groups is 2. The van der Waals surface area contributed by atoms with Crippen LogP contribution in [0.4, 0.5) is 4.79 Å². The van der Waals surface area contributed by atoms with Crippen molar-refractivity contribution in [3.8, 4) is 0 Å². The summed E-state index contributed by atoms with van der Waals surface area (Å²) in [7, 11) is 0. The lowest BCUT2D eigenvalue weighted by atomic mass is 10.1. The smallest absolute Gasteiger partial charge is 0.409 e. The second kappa shape index (κ2) is 7.61. The highest BCUT2D eigenvalue weighted by Gasteiger charge is 2.24.